The van der Waals surface area contributed by atoms with Gasteiger partial charge in [0.25, 0.3) is 0 Å². The molecule has 25 heavy (non-hydrogen) atoms. The zero-order chi connectivity index (χ0) is 17.2. The maximum atomic E-state index is 12.3. The molecule has 0 saturated heterocycles. The quantitative estimate of drug-likeness (QED) is 0.439. The molecule has 0 bridgehead atoms. The number of rotatable bonds is 3. The minimum absolute atomic E-state index is 0.289. The zero-order valence-corrected chi connectivity index (χ0v) is 13.7. The molecule has 1 amide bonds. The smallest absolute Gasteiger partial charge is 0.307 e. The SMILES string of the molecule is Cc1c(C(=O)N/N=C\c2ccc3ccccc3c2)oc2ccccc12. The highest BCUT2D eigenvalue weighted by molar-refractivity contribution is 5.99. The van der Waals surface area contributed by atoms with Crippen molar-refractivity contribution in [3.05, 3.63) is 83.6 Å². The predicted molar refractivity (Wildman–Crippen MR) is 100.0 cm³/mol. The molecule has 4 aromatic rings. The summed E-state index contributed by atoms with van der Waals surface area (Å²) in [5, 5.41) is 7.29. The summed E-state index contributed by atoms with van der Waals surface area (Å²) in [7, 11) is 0. The van der Waals surface area contributed by atoms with Gasteiger partial charge in [-0.15, -0.1) is 0 Å². The van der Waals surface area contributed by atoms with Gasteiger partial charge in [-0.05, 0) is 35.4 Å². The van der Waals surface area contributed by atoms with Crippen molar-refractivity contribution in [2.75, 3.05) is 0 Å². The van der Waals surface area contributed by atoms with Crippen molar-refractivity contribution < 1.29 is 9.21 Å². The van der Waals surface area contributed by atoms with Crippen molar-refractivity contribution in [3.8, 4) is 0 Å². The average Bonchev–Trinajstić information content (AvgIpc) is 2.99. The van der Waals surface area contributed by atoms with Crippen LogP contribution in [0, 0.1) is 6.92 Å². The Balaban J connectivity index is 1.53. The lowest BCUT2D eigenvalue weighted by Gasteiger charge is -2.00. The molecule has 0 aliphatic carbocycles. The summed E-state index contributed by atoms with van der Waals surface area (Å²) in [6.07, 6.45) is 1.63. The van der Waals surface area contributed by atoms with Gasteiger partial charge in [-0.1, -0.05) is 54.6 Å². The van der Waals surface area contributed by atoms with E-state index in [0.717, 1.165) is 21.9 Å². The van der Waals surface area contributed by atoms with Crippen LogP contribution in [-0.2, 0) is 0 Å². The molecule has 3 aromatic carbocycles. The fourth-order valence-electron chi connectivity index (χ4n) is 2.90. The van der Waals surface area contributed by atoms with Crippen molar-refractivity contribution in [1.29, 1.82) is 0 Å². The molecule has 1 heterocycles. The van der Waals surface area contributed by atoms with Gasteiger partial charge in [0.05, 0.1) is 6.21 Å². The number of hydrogen-bond donors (Lipinski definition) is 1. The molecule has 0 spiro atoms. The summed E-state index contributed by atoms with van der Waals surface area (Å²) >= 11 is 0. The van der Waals surface area contributed by atoms with Crippen molar-refractivity contribution in [2.24, 2.45) is 5.10 Å². The predicted octanol–water partition coefficient (Wildman–Crippen LogP) is 4.66. The van der Waals surface area contributed by atoms with Gasteiger partial charge in [0.1, 0.15) is 5.58 Å². The molecule has 4 nitrogen and oxygen atoms in total. The Hall–Kier alpha value is -3.40. The largest absolute Gasteiger partial charge is 0.451 e. The molecule has 0 aliphatic heterocycles. The number of benzene rings is 3. The van der Waals surface area contributed by atoms with Crippen LogP contribution in [0.3, 0.4) is 0 Å². The third-order valence-electron chi connectivity index (χ3n) is 4.20. The number of carbonyl (C=O) groups is 1. The van der Waals surface area contributed by atoms with Crippen molar-refractivity contribution >= 4 is 33.9 Å². The number of hydrogen-bond acceptors (Lipinski definition) is 3. The zero-order valence-electron chi connectivity index (χ0n) is 13.7. The molecule has 0 radical (unpaired) electrons. The van der Waals surface area contributed by atoms with E-state index in [1.165, 1.54) is 5.39 Å². The molecule has 1 aromatic heterocycles. The first-order valence-electron chi connectivity index (χ1n) is 8.03. The lowest BCUT2D eigenvalue weighted by molar-refractivity contribution is 0.0929. The van der Waals surface area contributed by atoms with Crippen LogP contribution in [0.5, 0.6) is 0 Å². The second-order valence-corrected chi connectivity index (χ2v) is 5.86. The molecular weight excluding hydrogens is 312 g/mol. The number of nitrogens with zero attached hydrogens (tertiary/aromatic N) is 1. The van der Waals surface area contributed by atoms with Crippen LogP contribution in [0.15, 0.2) is 76.2 Å². The Morgan fingerprint density at radius 1 is 1.00 bits per heavy atom. The Morgan fingerprint density at radius 2 is 1.76 bits per heavy atom. The van der Waals surface area contributed by atoms with Crippen LogP contribution >= 0.6 is 0 Å². The van der Waals surface area contributed by atoms with Crippen LogP contribution in [-0.4, -0.2) is 12.1 Å². The number of hydrazone groups is 1. The summed E-state index contributed by atoms with van der Waals surface area (Å²) < 4.78 is 5.64. The monoisotopic (exact) mass is 328 g/mol. The van der Waals surface area contributed by atoms with Crippen LogP contribution < -0.4 is 5.43 Å². The number of carbonyl (C=O) groups excluding carboxylic acids is 1. The molecule has 0 fully saturated rings. The summed E-state index contributed by atoms with van der Waals surface area (Å²) in [6, 6.07) is 21.7. The van der Waals surface area contributed by atoms with Gasteiger partial charge in [0.2, 0.25) is 0 Å². The fourth-order valence-corrected chi connectivity index (χ4v) is 2.90. The van der Waals surface area contributed by atoms with Gasteiger partial charge in [0, 0.05) is 10.9 Å². The minimum Gasteiger partial charge on any atom is -0.451 e. The lowest BCUT2D eigenvalue weighted by atomic mass is 10.1. The molecule has 4 rings (SSSR count). The Morgan fingerprint density at radius 3 is 2.60 bits per heavy atom. The van der Waals surface area contributed by atoms with Gasteiger partial charge in [-0.25, -0.2) is 5.43 Å². The highest BCUT2D eigenvalue weighted by Gasteiger charge is 2.16. The molecule has 0 unspecified atom stereocenters. The molecule has 4 heteroatoms. The van der Waals surface area contributed by atoms with E-state index in [0.29, 0.717) is 5.58 Å². The first-order valence-corrected chi connectivity index (χ1v) is 8.03. The normalized spacial score (nSPS) is 11.4. The Bertz CT molecular complexity index is 1110. The Kier molecular flexibility index (Phi) is 3.78. The molecular formula is C21H16N2O2. The molecule has 0 atom stereocenters. The van der Waals surface area contributed by atoms with E-state index in [9.17, 15) is 4.79 Å². The van der Waals surface area contributed by atoms with E-state index in [1.54, 1.807) is 6.21 Å². The summed E-state index contributed by atoms with van der Waals surface area (Å²) in [6.45, 7) is 1.87. The van der Waals surface area contributed by atoms with Crippen LogP contribution in [0.1, 0.15) is 21.7 Å². The molecule has 0 aliphatic rings. The van der Waals surface area contributed by atoms with Gasteiger partial charge in [-0.2, -0.15) is 5.10 Å². The average molecular weight is 328 g/mol. The highest BCUT2D eigenvalue weighted by atomic mass is 16.3. The van der Waals surface area contributed by atoms with Gasteiger partial charge >= 0.3 is 5.91 Å². The fraction of sp³-hybridized carbons (Fsp3) is 0.0476. The van der Waals surface area contributed by atoms with Crippen LogP contribution in [0.4, 0.5) is 0 Å². The van der Waals surface area contributed by atoms with Crippen molar-refractivity contribution in [3.63, 3.8) is 0 Å². The van der Waals surface area contributed by atoms with E-state index < -0.39 is 0 Å². The second kappa shape index (κ2) is 6.24. The first-order chi connectivity index (χ1) is 12.2. The molecule has 122 valence electrons. The lowest BCUT2D eigenvalue weighted by Crippen LogP contribution is -2.17. The van der Waals surface area contributed by atoms with Gasteiger partial charge < -0.3 is 4.42 Å². The topological polar surface area (TPSA) is 54.6 Å². The third-order valence-corrected chi connectivity index (χ3v) is 4.20. The summed E-state index contributed by atoms with van der Waals surface area (Å²) in [5.74, 6) is -0.0670. The second-order valence-electron chi connectivity index (χ2n) is 5.86. The van der Waals surface area contributed by atoms with Gasteiger partial charge in [-0.3, -0.25) is 4.79 Å². The number of aryl methyl sites for hydroxylation is 1. The van der Waals surface area contributed by atoms with Crippen LogP contribution in [0.25, 0.3) is 21.7 Å². The molecule has 1 N–H and O–H groups in total. The standard InChI is InChI=1S/C21H16N2O2/c1-14-18-8-4-5-9-19(18)25-20(14)21(24)23-22-13-15-10-11-16-6-2-3-7-17(16)12-15/h2-13H,1H3,(H,23,24)/b22-13-. The van der Waals surface area contributed by atoms with E-state index in [4.69, 9.17) is 4.42 Å². The summed E-state index contributed by atoms with van der Waals surface area (Å²) in [5.41, 5.74) is 4.96. The van der Waals surface area contributed by atoms with Crippen LogP contribution in [0.2, 0.25) is 0 Å². The number of fused-ring (bicyclic) bond motifs is 2. The van der Waals surface area contributed by atoms with Crippen molar-refractivity contribution in [1.82, 2.24) is 5.43 Å². The van der Waals surface area contributed by atoms with Crippen molar-refractivity contribution in [2.45, 2.75) is 6.92 Å². The van der Waals surface area contributed by atoms with E-state index in [-0.39, 0.29) is 11.7 Å². The summed E-state index contributed by atoms with van der Waals surface area (Å²) in [4.78, 5) is 12.3. The van der Waals surface area contributed by atoms with E-state index in [1.807, 2.05) is 67.6 Å². The maximum absolute atomic E-state index is 12.3. The maximum Gasteiger partial charge on any atom is 0.307 e. The van der Waals surface area contributed by atoms with E-state index in [2.05, 4.69) is 16.6 Å². The van der Waals surface area contributed by atoms with Gasteiger partial charge in [0.15, 0.2) is 5.76 Å². The number of nitrogens with one attached hydrogen (secondary N) is 1. The number of para-hydroxylation sites is 1. The minimum atomic E-state index is -0.356. The Labute approximate surface area is 144 Å². The van der Waals surface area contributed by atoms with E-state index >= 15 is 0 Å². The molecule has 0 saturated carbocycles. The number of amides is 1. The third kappa shape index (κ3) is 2.90. The highest BCUT2D eigenvalue weighted by Crippen LogP contribution is 2.24. The number of furan rings is 1. The first kappa shape index (κ1) is 15.1.